The average molecular weight is 511 g/mol. The maximum Gasteiger partial charge on any atom is 0.259 e. The van der Waals surface area contributed by atoms with E-state index >= 15 is 0 Å². The van der Waals surface area contributed by atoms with Crippen molar-refractivity contribution in [1.29, 1.82) is 0 Å². The molecule has 0 fully saturated rings. The van der Waals surface area contributed by atoms with Crippen molar-refractivity contribution in [1.82, 2.24) is 10.2 Å². The number of amides is 2. The molecule has 3 aromatic rings. The molecule has 2 aliphatic heterocycles. The number of nitrogens with zero attached hydrogens (tertiary/aromatic N) is 3. The number of ketones is 1. The number of hydrogen-bond acceptors (Lipinski definition) is 6. The maximum absolute atomic E-state index is 13.4. The van der Waals surface area contributed by atoms with Gasteiger partial charge in [-0.1, -0.05) is 84.6 Å². The van der Waals surface area contributed by atoms with Gasteiger partial charge in [-0.15, -0.1) is 0 Å². The highest BCUT2D eigenvalue weighted by molar-refractivity contribution is 8.14. The van der Waals surface area contributed by atoms with Gasteiger partial charge in [-0.25, -0.2) is 9.89 Å². The van der Waals surface area contributed by atoms with E-state index in [-0.39, 0.29) is 29.8 Å². The maximum atomic E-state index is 13.4. The second-order valence-electron chi connectivity index (χ2n) is 8.76. The summed E-state index contributed by atoms with van der Waals surface area (Å²) in [7, 11) is 0. The van der Waals surface area contributed by atoms with Gasteiger partial charge in [0.15, 0.2) is 11.0 Å². The van der Waals surface area contributed by atoms with Crippen molar-refractivity contribution in [2.45, 2.75) is 25.3 Å². The van der Waals surface area contributed by atoms with Crippen molar-refractivity contribution in [3.8, 4) is 0 Å². The molecule has 37 heavy (non-hydrogen) atoms. The van der Waals surface area contributed by atoms with Crippen LogP contribution in [0.2, 0.25) is 0 Å². The largest absolute Gasteiger partial charge is 0.356 e. The monoisotopic (exact) mass is 510 g/mol. The predicted octanol–water partition coefficient (Wildman–Crippen LogP) is 4.40. The highest BCUT2D eigenvalue weighted by Crippen LogP contribution is 2.34. The van der Waals surface area contributed by atoms with Crippen LogP contribution >= 0.6 is 11.8 Å². The molecule has 2 heterocycles. The van der Waals surface area contributed by atoms with E-state index in [2.05, 4.69) is 10.3 Å². The normalized spacial score (nSPS) is 15.9. The van der Waals surface area contributed by atoms with Crippen LogP contribution in [-0.4, -0.2) is 51.8 Å². The Morgan fingerprint density at radius 3 is 2.41 bits per heavy atom. The van der Waals surface area contributed by atoms with Crippen LogP contribution in [0.3, 0.4) is 0 Å². The number of nitrogens with one attached hydrogen (secondary N) is 1. The summed E-state index contributed by atoms with van der Waals surface area (Å²) < 4.78 is 0. The van der Waals surface area contributed by atoms with E-state index in [0.717, 1.165) is 17.5 Å². The first-order valence-corrected chi connectivity index (χ1v) is 13.2. The van der Waals surface area contributed by atoms with E-state index in [1.165, 1.54) is 16.7 Å². The molecule has 2 amide bonds. The molecule has 1 atom stereocenters. The summed E-state index contributed by atoms with van der Waals surface area (Å²) in [6.45, 7) is 0.540. The number of Topliss-reactive ketones (excluding diaryl/α,β-unsaturated/α-hetero) is 1. The number of carbonyl (C=O) groups excluding carboxylic acids is 3. The van der Waals surface area contributed by atoms with Gasteiger partial charge in [0.25, 0.3) is 5.91 Å². The van der Waals surface area contributed by atoms with E-state index in [4.69, 9.17) is 4.99 Å². The van der Waals surface area contributed by atoms with Crippen LogP contribution in [0, 0.1) is 0 Å². The van der Waals surface area contributed by atoms with E-state index in [1.54, 1.807) is 12.1 Å². The van der Waals surface area contributed by atoms with E-state index in [9.17, 15) is 14.4 Å². The molecule has 0 spiro atoms. The molecule has 0 unspecified atom stereocenters. The molecule has 8 heteroatoms. The highest BCUT2D eigenvalue weighted by Gasteiger charge is 2.41. The number of rotatable bonds is 9. The zero-order chi connectivity index (χ0) is 25.6. The van der Waals surface area contributed by atoms with Gasteiger partial charge in [0.2, 0.25) is 5.91 Å². The first kappa shape index (κ1) is 24.6. The lowest BCUT2D eigenvalue weighted by Gasteiger charge is -2.25. The first-order valence-electron chi connectivity index (χ1n) is 12.2. The number of benzene rings is 3. The zero-order valence-electron chi connectivity index (χ0n) is 20.2. The second-order valence-corrected chi connectivity index (χ2v) is 9.70. The molecule has 7 nitrogen and oxygen atoms in total. The van der Waals surface area contributed by atoms with Crippen molar-refractivity contribution >= 4 is 46.1 Å². The molecule has 0 radical (unpaired) electrons. The fraction of sp³-hybridized carbons (Fsp3) is 0.207. The van der Waals surface area contributed by atoms with Gasteiger partial charge in [-0.3, -0.25) is 19.4 Å². The molecule has 0 aliphatic carbocycles. The second kappa shape index (κ2) is 11.3. The Bertz CT molecular complexity index is 1370. The minimum Gasteiger partial charge on any atom is -0.356 e. The van der Waals surface area contributed by atoms with Gasteiger partial charge in [0.05, 0.1) is 11.4 Å². The third kappa shape index (κ3) is 5.70. The number of thioether (sulfide) groups is 1. The third-order valence-corrected chi connectivity index (χ3v) is 7.14. The van der Waals surface area contributed by atoms with Gasteiger partial charge in [-0.2, -0.15) is 0 Å². The van der Waals surface area contributed by atoms with E-state index < -0.39 is 6.04 Å². The Morgan fingerprint density at radius 1 is 0.919 bits per heavy atom. The predicted molar refractivity (Wildman–Crippen MR) is 146 cm³/mol. The lowest BCUT2D eigenvalue weighted by atomic mass is 10.1. The Kier molecular flexibility index (Phi) is 7.56. The minimum absolute atomic E-state index is 0.0407. The number of fused-ring (bicyclic) bond motifs is 3. The van der Waals surface area contributed by atoms with Crippen LogP contribution in [0.1, 0.15) is 34.3 Å². The number of amidine groups is 2. The number of aliphatic imine (C=N–C) groups is 2. The van der Waals surface area contributed by atoms with Gasteiger partial charge in [0, 0.05) is 24.1 Å². The van der Waals surface area contributed by atoms with E-state index in [0.29, 0.717) is 35.2 Å². The Morgan fingerprint density at radius 2 is 1.62 bits per heavy atom. The summed E-state index contributed by atoms with van der Waals surface area (Å²) in [5.74, 6) is 0.308. The zero-order valence-corrected chi connectivity index (χ0v) is 21.0. The summed E-state index contributed by atoms with van der Waals surface area (Å²) in [5.41, 5.74) is 3.25. The van der Waals surface area contributed by atoms with Crippen molar-refractivity contribution in [3.05, 3.63) is 102 Å². The van der Waals surface area contributed by atoms with Gasteiger partial charge < -0.3 is 5.32 Å². The fourth-order valence-electron chi connectivity index (χ4n) is 4.27. The summed E-state index contributed by atoms with van der Waals surface area (Å²) in [4.78, 5) is 49.4. The van der Waals surface area contributed by atoms with Crippen LogP contribution < -0.4 is 5.32 Å². The molecular weight excluding hydrogens is 484 g/mol. The summed E-state index contributed by atoms with van der Waals surface area (Å²) in [6, 6.07) is 25.9. The molecule has 0 aromatic heterocycles. The topological polar surface area (TPSA) is 91.2 Å². The lowest BCUT2D eigenvalue weighted by Crippen LogP contribution is -2.41. The standard InChI is InChI=1S/C29H26N4O3S/c34-25(21-11-5-2-6-12-21)19-37-29-32-23-14-8-7-13-22(23)27-31-24(28(36)33(27)29)15-16-26(35)30-18-17-20-9-3-1-4-10-20/h1-14,24H,15-19H2,(H,30,35)/t24-/m0/s1. The highest BCUT2D eigenvalue weighted by atomic mass is 32.2. The minimum atomic E-state index is -0.670. The van der Waals surface area contributed by atoms with Crippen LogP contribution in [0.5, 0.6) is 0 Å². The molecule has 0 bridgehead atoms. The molecule has 1 N–H and O–H groups in total. The quantitative estimate of drug-likeness (QED) is 0.432. The van der Waals surface area contributed by atoms with Gasteiger partial charge in [-0.05, 0) is 30.5 Å². The number of hydrogen-bond donors (Lipinski definition) is 1. The van der Waals surface area contributed by atoms with Gasteiger partial charge >= 0.3 is 0 Å². The lowest BCUT2D eigenvalue weighted by molar-refractivity contribution is -0.125. The molecule has 0 saturated carbocycles. The molecule has 5 rings (SSSR count). The first-order chi connectivity index (χ1) is 18.1. The van der Waals surface area contributed by atoms with Crippen molar-refractivity contribution in [2.75, 3.05) is 12.3 Å². The van der Waals surface area contributed by atoms with Gasteiger partial charge in [0.1, 0.15) is 11.9 Å². The summed E-state index contributed by atoms with van der Waals surface area (Å²) >= 11 is 1.22. The smallest absolute Gasteiger partial charge is 0.259 e. The van der Waals surface area contributed by atoms with E-state index in [1.807, 2.05) is 72.8 Å². The van der Waals surface area contributed by atoms with Crippen molar-refractivity contribution < 1.29 is 14.4 Å². The SMILES string of the molecule is O=C(CC[C@@H]1N=C2c3ccccc3N=C(SCC(=O)c3ccccc3)N2C1=O)NCCc1ccccc1. The Balaban J connectivity index is 1.23. The van der Waals surface area contributed by atoms with Crippen molar-refractivity contribution in [3.63, 3.8) is 0 Å². The number of para-hydroxylation sites is 1. The van der Waals surface area contributed by atoms with Crippen LogP contribution in [0.25, 0.3) is 0 Å². The molecule has 186 valence electrons. The van der Waals surface area contributed by atoms with Crippen LogP contribution in [0.15, 0.2) is 94.9 Å². The molecule has 2 aliphatic rings. The Hall–Kier alpha value is -4.04. The fourth-order valence-corrected chi connectivity index (χ4v) is 5.17. The third-order valence-electron chi connectivity index (χ3n) is 6.20. The number of carbonyl (C=O) groups is 3. The molecule has 3 aromatic carbocycles. The average Bonchev–Trinajstić information content (AvgIpc) is 3.28. The molecular formula is C29H26N4O3S. The summed E-state index contributed by atoms with van der Waals surface area (Å²) in [5, 5.41) is 3.36. The van der Waals surface area contributed by atoms with Crippen molar-refractivity contribution in [2.24, 2.45) is 9.98 Å². The summed E-state index contributed by atoms with van der Waals surface area (Å²) in [6.07, 6.45) is 1.25. The molecule has 0 saturated heterocycles. The van der Waals surface area contributed by atoms with Crippen LogP contribution in [-0.2, 0) is 16.0 Å². The Labute approximate surface area is 219 Å². The van der Waals surface area contributed by atoms with Crippen LogP contribution in [0.4, 0.5) is 5.69 Å².